The third-order valence-electron chi connectivity index (χ3n) is 4.41. The summed E-state index contributed by atoms with van der Waals surface area (Å²) in [6.07, 6.45) is 0. The highest BCUT2D eigenvalue weighted by Gasteiger charge is 2.26. The van der Waals surface area contributed by atoms with Gasteiger partial charge in [0.25, 0.3) is 17.1 Å². The van der Waals surface area contributed by atoms with Gasteiger partial charge >= 0.3 is 0 Å². The molecule has 1 heterocycles. The Kier molecular flexibility index (Phi) is 4.83. The van der Waals surface area contributed by atoms with Crippen LogP contribution in [0.2, 0.25) is 0 Å². The Morgan fingerprint density at radius 1 is 0.667 bits per heavy atom. The molecule has 0 amide bonds. The highest BCUT2D eigenvalue weighted by molar-refractivity contribution is 5.67. The van der Waals surface area contributed by atoms with Crippen molar-refractivity contribution in [2.75, 3.05) is 36.0 Å². The van der Waals surface area contributed by atoms with E-state index in [0.29, 0.717) is 31.9 Å². The molecule has 0 bridgehead atoms. The van der Waals surface area contributed by atoms with E-state index in [4.69, 9.17) is 0 Å². The zero-order chi connectivity index (χ0) is 19.6. The molecule has 11 nitrogen and oxygen atoms in total. The topological polar surface area (TPSA) is 136 Å². The van der Waals surface area contributed by atoms with Crippen molar-refractivity contribution in [3.05, 3.63) is 72.8 Å². The van der Waals surface area contributed by atoms with Gasteiger partial charge in [-0.25, -0.2) is 0 Å². The van der Waals surface area contributed by atoms with Crippen molar-refractivity contribution >= 4 is 28.4 Å². The number of benzene rings is 2. The Balaban J connectivity index is 1.74. The summed E-state index contributed by atoms with van der Waals surface area (Å²) in [5.74, 6) is 0. The van der Waals surface area contributed by atoms with Crippen LogP contribution < -0.4 is 9.80 Å². The zero-order valence-electron chi connectivity index (χ0n) is 14.1. The van der Waals surface area contributed by atoms with Crippen molar-refractivity contribution in [3.8, 4) is 0 Å². The van der Waals surface area contributed by atoms with Crippen LogP contribution in [-0.2, 0) is 0 Å². The number of hydrogen-bond acceptors (Lipinski definition) is 8. The quantitative estimate of drug-likeness (QED) is 0.576. The van der Waals surface area contributed by atoms with E-state index in [9.17, 15) is 30.3 Å². The number of nitro groups is 3. The molecule has 0 radical (unpaired) electrons. The molecule has 0 atom stereocenters. The lowest BCUT2D eigenvalue weighted by Gasteiger charge is -2.37. The monoisotopic (exact) mass is 373 g/mol. The molecule has 2 aromatic carbocycles. The minimum atomic E-state index is -0.663. The minimum Gasteiger partial charge on any atom is -0.368 e. The Morgan fingerprint density at radius 3 is 1.70 bits per heavy atom. The molecule has 3 rings (SSSR count). The molecule has 1 fully saturated rings. The van der Waals surface area contributed by atoms with Crippen LogP contribution >= 0.6 is 0 Å². The van der Waals surface area contributed by atoms with E-state index in [0.717, 1.165) is 11.8 Å². The molecular weight excluding hydrogens is 358 g/mol. The number of hydrogen-bond donors (Lipinski definition) is 0. The van der Waals surface area contributed by atoms with E-state index < -0.39 is 14.8 Å². The van der Waals surface area contributed by atoms with Crippen molar-refractivity contribution in [2.45, 2.75) is 0 Å². The van der Waals surface area contributed by atoms with E-state index in [2.05, 4.69) is 0 Å². The van der Waals surface area contributed by atoms with Crippen molar-refractivity contribution in [1.29, 1.82) is 0 Å². The van der Waals surface area contributed by atoms with Gasteiger partial charge < -0.3 is 9.80 Å². The molecule has 2 aromatic rings. The first-order valence-electron chi connectivity index (χ1n) is 8.04. The smallest absolute Gasteiger partial charge is 0.299 e. The molecule has 0 aromatic heterocycles. The molecule has 0 unspecified atom stereocenters. The van der Waals surface area contributed by atoms with Gasteiger partial charge in [-0.05, 0) is 18.2 Å². The highest BCUT2D eigenvalue weighted by atomic mass is 16.6. The predicted molar refractivity (Wildman–Crippen MR) is 97.3 cm³/mol. The van der Waals surface area contributed by atoms with Crippen molar-refractivity contribution in [2.24, 2.45) is 0 Å². The molecule has 1 aliphatic heterocycles. The molecule has 0 N–H and O–H groups in total. The summed E-state index contributed by atoms with van der Waals surface area (Å²) in [7, 11) is 0. The van der Waals surface area contributed by atoms with E-state index >= 15 is 0 Å². The summed E-state index contributed by atoms with van der Waals surface area (Å²) >= 11 is 0. The van der Waals surface area contributed by atoms with Crippen LogP contribution in [0.25, 0.3) is 0 Å². The first kappa shape index (κ1) is 18.0. The molecule has 1 aliphatic rings. The minimum absolute atomic E-state index is 0.0129. The van der Waals surface area contributed by atoms with Gasteiger partial charge in [0.15, 0.2) is 0 Å². The van der Waals surface area contributed by atoms with Crippen LogP contribution in [0.3, 0.4) is 0 Å². The lowest BCUT2D eigenvalue weighted by atomic mass is 10.2. The van der Waals surface area contributed by atoms with Crippen molar-refractivity contribution < 1.29 is 14.8 Å². The van der Waals surface area contributed by atoms with Gasteiger partial charge in [-0.2, -0.15) is 0 Å². The largest absolute Gasteiger partial charge is 0.368 e. The van der Waals surface area contributed by atoms with Gasteiger partial charge in [-0.3, -0.25) is 30.3 Å². The summed E-state index contributed by atoms with van der Waals surface area (Å²) in [5.41, 5.74) is 0.564. The fourth-order valence-electron chi connectivity index (χ4n) is 3.03. The lowest BCUT2D eigenvalue weighted by Crippen LogP contribution is -2.46. The van der Waals surface area contributed by atoms with E-state index in [-0.39, 0.29) is 17.1 Å². The summed E-state index contributed by atoms with van der Waals surface area (Å²) in [6.45, 7) is 2.09. The maximum absolute atomic E-state index is 11.3. The van der Waals surface area contributed by atoms with Crippen LogP contribution in [0.1, 0.15) is 0 Å². The first-order chi connectivity index (χ1) is 12.9. The second-order valence-corrected chi connectivity index (χ2v) is 5.93. The fourth-order valence-corrected chi connectivity index (χ4v) is 3.03. The summed E-state index contributed by atoms with van der Waals surface area (Å²) < 4.78 is 0. The third kappa shape index (κ3) is 3.76. The van der Waals surface area contributed by atoms with Crippen LogP contribution in [0.15, 0.2) is 42.5 Å². The van der Waals surface area contributed by atoms with Crippen LogP contribution in [0, 0.1) is 30.3 Å². The molecule has 27 heavy (non-hydrogen) atoms. The Morgan fingerprint density at radius 2 is 1.19 bits per heavy atom. The average Bonchev–Trinajstić information content (AvgIpc) is 2.67. The van der Waals surface area contributed by atoms with E-state index in [1.807, 2.05) is 9.80 Å². The van der Waals surface area contributed by atoms with E-state index in [1.54, 1.807) is 12.1 Å². The Labute approximate surface area is 152 Å². The van der Waals surface area contributed by atoms with Crippen molar-refractivity contribution in [3.63, 3.8) is 0 Å². The van der Waals surface area contributed by atoms with Gasteiger partial charge in [0.05, 0.1) is 20.8 Å². The first-order valence-corrected chi connectivity index (χ1v) is 8.04. The van der Waals surface area contributed by atoms with Crippen LogP contribution in [-0.4, -0.2) is 40.9 Å². The van der Waals surface area contributed by atoms with Gasteiger partial charge in [-0.1, -0.05) is 0 Å². The van der Waals surface area contributed by atoms with Crippen molar-refractivity contribution in [1.82, 2.24) is 0 Å². The molecule has 0 saturated carbocycles. The second-order valence-electron chi connectivity index (χ2n) is 5.93. The summed E-state index contributed by atoms with van der Waals surface area (Å²) in [6, 6.07) is 9.83. The molecular formula is C16H15N5O6. The molecule has 11 heteroatoms. The number of piperazine rings is 1. The SMILES string of the molecule is O=[N+]([O-])c1ccc(N2CCN(c3ccc([N+](=O)[O-])cc3[N+](=O)[O-])CC2)cc1. The zero-order valence-corrected chi connectivity index (χ0v) is 14.1. The van der Waals surface area contributed by atoms with Gasteiger partial charge in [0, 0.05) is 50.1 Å². The van der Waals surface area contributed by atoms with Crippen LogP contribution in [0.4, 0.5) is 28.4 Å². The molecule has 0 aliphatic carbocycles. The number of anilines is 2. The summed E-state index contributed by atoms with van der Waals surface area (Å²) in [4.78, 5) is 35.0. The standard InChI is InChI=1S/C16H15N5O6/c22-19(23)13-3-1-12(2-4-13)17-7-9-18(10-8-17)15-6-5-14(20(24)25)11-16(15)21(26)27/h1-6,11H,7-10H2. The lowest BCUT2D eigenvalue weighted by molar-refractivity contribution is -0.393. The van der Waals surface area contributed by atoms with Gasteiger partial charge in [0.2, 0.25) is 0 Å². The number of nitrogens with zero attached hydrogens (tertiary/aromatic N) is 5. The average molecular weight is 373 g/mol. The number of nitro benzene ring substituents is 3. The Bertz CT molecular complexity index is 893. The second kappa shape index (κ2) is 7.23. The third-order valence-corrected chi connectivity index (χ3v) is 4.41. The summed E-state index contributed by atoms with van der Waals surface area (Å²) in [5, 5.41) is 32.9. The molecule has 140 valence electrons. The number of rotatable bonds is 5. The van der Waals surface area contributed by atoms with Gasteiger partial charge in [-0.15, -0.1) is 0 Å². The fraction of sp³-hybridized carbons (Fsp3) is 0.250. The maximum Gasteiger partial charge on any atom is 0.299 e. The number of non-ortho nitro benzene ring substituents is 2. The highest BCUT2D eigenvalue weighted by Crippen LogP contribution is 2.33. The molecule has 1 saturated heterocycles. The maximum atomic E-state index is 11.3. The predicted octanol–water partition coefficient (Wildman–Crippen LogP) is 2.74. The van der Waals surface area contributed by atoms with E-state index in [1.165, 1.54) is 24.3 Å². The van der Waals surface area contributed by atoms with Gasteiger partial charge in [0.1, 0.15) is 5.69 Å². The van der Waals surface area contributed by atoms with Crippen LogP contribution in [0.5, 0.6) is 0 Å². The Hall–Kier alpha value is -3.76. The molecule has 0 spiro atoms. The normalized spacial score (nSPS) is 14.1.